The molecule has 0 unspecified atom stereocenters. The van der Waals surface area contributed by atoms with Gasteiger partial charge < -0.3 is 4.74 Å². The minimum absolute atomic E-state index is 0.180. The zero-order chi connectivity index (χ0) is 14.5. The molecule has 0 atom stereocenters. The quantitative estimate of drug-likeness (QED) is 0.486. The largest absolute Gasteiger partial charge is 0.494 e. The van der Waals surface area contributed by atoms with Gasteiger partial charge in [0, 0.05) is 6.92 Å². The van der Waals surface area contributed by atoms with Gasteiger partial charge in [-0.25, -0.2) is 5.43 Å². The molecule has 0 saturated heterocycles. The van der Waals surface area contributed by atoms with Crippen LogP contribution < -0.4 is 10.2 Å². The van der Waals surface area contributed by atoms with Gasteiger partial charge in [0.1, 0.15) is 5.75 Å². The molecule has 1 N–H and O–H groups in total. The molecule has 0 bridgehead atoms. The molecule has 0 aliphatic rings. The Morgan fingerprint density at radius 3 is 2.47 bits per heavy atom. The number of hydrogen-bond acceptors (Lipinski definition) is 3. The summed E-state index contributed by atoms with van der Waals surface area (Å²) in [6, 6.07) is 7.58. The Hall–Kier alpha value is -1.84. The summed E-state index contributed by atoms with van der Waals surface area (Å²) in [5.74, 6) is 0.677. The molecule has 4 nitrogen and oxygen atoms in total. The number of benzene rings is 1. The van der Waals surface area contributed by atoms with E-state index in [-0.39, 0.29) is 5.91 Å². The van der Waals surface area contributed by atoms with Gasteiger partial charge in [0.05, 0.1) is 12.8 Å². The highest BCUT2D eigenvalue weighted by Crippen LogP contribution is 2.11. The average molecular weight is 264 g/mol. The predicted molar refractivity (Wildman–Crippen MR) is 79.6 cm³/mol. The second kappa shape index (κ2) is 11.3. The van der Waals surface area contributed by atoms with Crippen LogP contribution in [0.4, 0.5) is 0 Å². The van der Waals surface area contributed by atoms with E-state index < -0.39 is 0 Å². The molecular weight excluding hydrogens is 240 g/mol. The molecule has 4 heteroatoms. The highest BCUT2D eigenvalue weighted by molar-refractivity contribution is 5.81. The summed E-state index contributed by atoms with van der Waals surface area (Å²) in [6.07, 6.45) is 3.78. The minimum atomic E-state index is -0.180. The molecule has 0 aliphatic carbocycles. The summed E-state index contributed by atoms with van der Waals surface area (Å²) in [7, 11) is 0. The fraction of sp³-hybridized carbons (Fsp3) is 0.467. The van der Waals surface area contributed by atoms with Crippen LogP contribution in [0.3, 0.4) is 0 Å². The van der Waals surface area contributed by atoms with Gasteiger partial charge >= 0.3 is 0 Å². The molecule has 1 amide bonds. The number of ether oxygens (including phenoxy) is 1. The van der Waals surface area contributed by atoms with E-state index in [1.54, 1.807) is 6.21 Å². The Morgan fingerprint density at radius 1 is 1.32 bits per heavy atom. The van der Waals surface area contributed by atoms with Crippen molar-refractivity contribution < 1.29 is 9.53 Å². The van der Waals surface area contributed by atoms with Crippen LogP contribution in [-0.2, 0) is 4.79 Å². The van der Waals surface area contributed by atoms with Crippen molar-refractivity contribution in [3.63, 3.8) is 0 Å². The first-order chi connectivity index (χ1) is 9.22. The van der Waals surface area contributed by atoms with Gasteiger partial charge in [-0.15, -0.1) is 0 Å². The van der Waals surface area contributed by atoms with E-state index in [4.69, 9.17) is 4.74 Å². The maximum absolute atomic E-state index is 10.6. The van der Waals surface area contributed by atoms with Gasteiger partial charge in [-0.05, 0) is 36.2 Å². The summed E-state index contributed by atoms with van der Waals surface area (Å²) in [5.41, 5.74) is 3.27. The molecule has 1 rings (SSSR count). The van der Waals surface area contributed by atoms with Crippen LogP contribution in [0.15, 0.2) is 29.4 Å². The van der Waals surface area contributed by atoms with Crippen LogP contribution in [0.25, 0.3) is 0 Å². The van der Waals surface area contributed by atoms with Crippen molar-refractivity contribution >= 4 is 12.1 Å². The third-order valence-electron chi connectivity index (χ3n) is 2.08. The lowest BCUT2D eigenvalue weighted by Crippen LogP contribution is -2.12. The van der Waals surface area contributed by atoms with Crippen LogP contribution in [0.5, 0.6) is 5.75 Å². The summed E-state index contributed by atoms with van der Waals surface area (Å²) in [5, 5.41) is 3.78. The van der Waals surface area contributed by atoms with Gasteiger partial charge in [-0.3, -0.25) is 4.79 Å². The molecule has 19 heavy (non-hydrogen) atoms. The van der Waals surface area contributed by atoms with Gasteiger partial charge in [0.25, 0.3) is 0 Å². The van der Waals surface area contributed by atoms with Crippen LogP contribution in [0, 0.1) is 0 Å². The second-order valence-corrected chi connectivity index (χ2v) is 3.70. The normalized spacial score (nSPS) is 9.68. The van der Waals surface area contributed by atoms with E-state index in [0.29, 0.717) is 0 Å². The van der Waals surface area contributed by atoms with Gasteiger partial charge in [-0.2, -0.15) is 5.10 Å². The van der Waals surface area contributed by atoms with Crippen LogP contribution in [-0.4, -0.2) is 18.7 Å². The number of hydrazone groups is 1. The molecule has 0 aromatic heterocycles. The summed E-state index contributed by atoms with van der Waals surface area (Å²) in [6.45, 7) is 8.29. The molecular formula is C15H24N2O2. The maximum atomic E-state index is 10.6. The van der Waals surface area contributed by atoms with E-state index in [9.17, 15) is 4.79 Å². The number of carbonyl (C=O) groups is 1. The predicted octanol–water partition coefficient (Wildman–Crippen LogP) is 3.36. The Kier molecular flexibility index (Phi) is 10.2. The molecule has 0 spiro atoms. The standard InChI is InChI=1S/C13H18N2O2.C2H6/c1-3-4-9-17-13-7-5-12(6-8-13)10-14-15-11(2)16;1-2/h5-8,10H,3-4,9H2,1-2H3,(H,15,16);1-2H3/b14-10+;. The third kappa shape index (κ3) is 8.83. The molecule has 1 aromatic carbocycles. The highest BCUT2D eigenvalue weighted by atomic mass is 16.5. The third-order valence-corrected chi connectivity index (χ3v) is 2.08. The Labute approximate surface area is 115 Å². The molecule has 1 aromatic rings. The topological polar surface area (TPSA) is 50.7 Å². The Morgan fingerprint density at radius 2 is 1.95 bits per heavy atom. The van der Waals surface area contributed by atoms with E-state index in [2.05, 4.69) is 17.5 Å². The van der Waals surface area contributed by atoms with Crippen molar-refractivity contribution in [2.75, 3.05) is 6.61 Å². The van der Waals surface area contributed by atoms with Crippen molar-refractivity contribution in [1.82, 2.24) is 5.43 Å². The summed E-state index contributed by atoms with van der Waals surface area (Å²) in [4.78, 5) is 10.6. The number of nitrogens with one attached hydrogen (secondary N) is 1. The van der Waals surface area contributed by atoms with E-state index >= 15 is 0 Å². The molecule has 0 fully saturated rings. The second-order valence-electron chi connectivity index (χ2n) is 3.70. The Bertz CT molecular complexity index is 372. The smallest absolute Gasteiger partial charge is 0.236 e. The molecule has 0 radical (unpaired) electrons. The lowest BCUT2D eigenvalue weighted by atomic mass is 10.2. The van der Waals surface area contributed by atoms with Crippen molar-refractivity contribution in [2.45, 2.75) is 40.5 Å². The van der Waals surface area contributed by atoms with Crippen LogP contribution in [0.1, 0.15) is 46.1 Å². The van der Waals surface area contributed by atoms with Crippen LogP contribution >= 0.6 is 0 Å². The van der Waals surface area contributed by atoms with Crippen LogP contribution in [0.2, 0.25) is 0 Å². The maximum Gasteiger partial charge on any atom is 0.236 e. The lowest BCUT2D eigenvalue weighted by molar-refractivity contribution is -0.118. The number of unbranched alkanes of at least 4 members (excludes halogenated alkanes) is 1. The van der Waals surface area contributed by atoms with Gasteiger partial charge in [0.15, 0.2) is 0 Å². The monoisotopic (exact) mass is 264 g/mol. The number of carbonyl (C=O) groups excluding carboxylic acids is 1. The number of rotatable bonds is 6. The van der Waals surface area contributed by atoms with Crippen molar-refractivity contribution in [3.8, 4) is 5.75 Å². The van der Waals surface area contributed by atoms with Crippen molar-refractivity contribution in [1.29, 1.82) is 0 Å². The number of amides is 1. The fourth-order valence-electron chi connectivity index (χ4n) is 1.18. The average Bonchev–Trinajstić information content (AvgIpc) is 2.43. The molecule has 0 saturated carbocycles. The first-order valence-corrected chi connectivity index (χ1v) is 6.75. The number of nitrogens with zero attached hydrogens (tertiary/aromatic N) is 1. The first-order valence-electron chi connectivity index (χ1n) is 6.75. The lowest BCUT2D eigenvalue weighted by Gasteiger charge is -2.04. The van der Waals surface area contributed by atoms with Gasteiger partial charge in [0.2, 0.25) is 5.91 Å². The SMILES string of the molecule is CC.CCCCOc1ccc(/C=N/NC(C)=O)cc1. The Balaban J connectivity index is 0.00000154. The van der Waals surface area contributed by atoms with Crippen molar-refractivity contribution in [3.05, 3.63) is 29.8 Å². The fourth-order valence-corrected chi connectivity index (χ4v) is 1.18. The first kappa shape index (κ1) is 17.2. The highest BCUT2D eigenvalue weighted by Gasteiger charge is 1.93. The van der Waals surface area contributed by atoms with E-state index in [1.165, 1.54) is 6.92 Å². The van der Waals surface area contributed by atoms with Gasteiger partial charge in [-0.1, -0.05) is 27.2 Å². The molecule has 106 valence electrons. The summed E-state index contributed by atoms with van der Waals surface area (Å²) >= 11 is 0. The summed E-state index contributed by atoms with van der Waals surface area (Å²) < 4.78 is 5.53. The van der Waals surface area contributed by atoms with E-state index in [1.807, 2.05) is 38.1 Å². The van der Waals surface area contributed by atoms with Crippen molar-refractivity contribution in [2.24, 2.45) is 5.10 Å². The zero-order valence-electron chi connectivity index (χ0n) is 12.3. The molecule has 0 aliphatic heterocycles. The molecule has 0 heterocycles. The minimum Gasteiger partial charge on any atom is -0.494 e. The number of hydrogen-bond donors (Lipinski definition) is 1. The van der Waals surface area contributed by atoms with E-state index in [0.717, 1.165) is 30.8 Å². The zero-order valence-corrected chi connectivity index (χ0v) is 12.3.